The van der Waals surface area contributed by atoms with Crippen molar-refractivity contribution in [1.82, 2.24) is 19.6 Å². The lowest BCUT2D eigenvalue weighted by molar-refractivity contribution is -0.144. The maximum Gasteiger partial charge on any atom is 0.312 e. The molecule has 0 radical (unpaired) electrons. The number of pyridine rings is 1. The molecule has 0 unspecified atom stereocenters. The molecule has 0 atom stereocenters. The molecule has 8 nitrogen and oxygen atoms in total. The van der Waals surface area contributed by atoms with E-state index < -0.39 is 5.97 Å². The standard InChI is InChI=1S/C19H14N4O4/c24-17-9-12(20-16-7-3-4-8-23(16)17)11-27-18(25)10-15-13-5-1-2-6-14(13)19(26)22-21-15/h1-9H,10-11H2,(H,22,26). The van der Waals surface area contributed by atoms with Crippen molar-refractivity contribution in [3.63, 3.8) is 0 Å². The van der Waals surface area contributed by atoms with Gasteiger partial charge in [0.1, 0.15) is 12.3 Å². The number of H-pyrrole nitrogens is 1. The average molecular weight is 362 g/mol. The molecule has 0 saturated heterocycles. The van der Waals surface area contributed by atoms with Crippen LogP contribution in [0, 0.1) is 0 Å². The molecule has 3 aromatic heterocycles. The number of aromatic nitrogens is 4. The van der Waals surface area contributed by atoms with Crippen molar-refractivity contribution < 1.29 is 9.53 Å². The van der Waals surface area contributed by atoms with Crippen LogP contribution in [0.25, 0.3) is 16.4 Å². The van der Waals surface area contributed by atoms with Gasteiger partial charge in [0.05, 0.1) is 23.2 Å². The summed E-state index contributed by atoms with van der Waals surface area (Å²) in [5, 5.41) is 7.38. The second kappa shape index (κ2) is 6.83. The Morgan fingerprint density at radius 2 is 1.85 bits per heavy atom. The number of carbonyl (C=O) groups excluding carboxylic acids is 1. The van der Waals surface area contributed by atoms with Crippen LogP contribution in [-0.4, -0.2) is 25.6 Å². The molecule has 8 heteroatoms. The van der Waals surface area contributed by atoms with Gasteiger partial charge < -0.3 is 4.74 Å². The molecular weight excluding hydrogens is 348 g/mol. The first-order valence-electron chi connectivity index (χ1n) is 8.21. The number of aromatic amines is 1. The van der Waals surface area contributed by atoms with Gasteiger partial charge in [-0.25, -0.2) is 10.1 Å². The maximum absolute atomic E-state index is 12.2. The van der Waals surface area contributed by atoms with Gasteiger partial charge in [0.2, 0.25) is 0 Å². The molecule has 27 heavy (non-hydrogen) atoms. The summed E-state index contributed by atoms with van der Waals surface area (Å²) in [6.45, 7) is -0.124. The Balaban J connectivity index is 1.52. The first kappa shape index (κ1) is 16.6. The molecule has 0 fully saturated rings. The van der Waals surface area contributed by atoms with E-state index in [1.165, 1.54) is 10.5 Å². The van der Waals surface area contributed by atoms with Crippen molar-refractivity contribution in [3.05, 3.63) is 86.8 Å². The highest BCUT2D eigenvalue weighted by atomic mass is 16.5. The molecule has 134 valence electrons. The summed E-state index contributed by atoms with van der Waals surface area (Å²) < 4.78 is 6.64. The quantitative estimate of drug-likeness (QED) is 0.547. The number of esters is 1. The number of carbonyl (C=O) groups is 1. The molecule has 0 bridgehead atoms. The summed E-state index contributed by atoms with van der Waals surface area (Å²) in [6, 6.07) is 13.4. The summed E-state index contributed by atoms with van der Waals surface area (Å²) in [4.78, 5) is 40.3. The van der Waals surface area contributed by atoms with Gasteiger partial charge >= 0.3 is 5.97 Å². The Labute approximate surface area is 152 Å². The summed E-state index contributed by atoms with van der Waals surface area (Å²) >= 11 is 0. The highest BCUT2D eigenvalue weighted by Gasteiger charge is 2.12. The predicted molar refractivity (Wildman–Crippen MR) is 97.3 cm³/mol. The van der Waals surface area contributed by atoms with Crippen molar-refractivity contribution in [1.29, 1.82) is 0 Å². The summed E-state index contributed by atoms with van der Waals surface area (Å²) in [5.41, 5.74) is 0.688. The highest BCUT2D eigenvalue weighted by molar-refractivity contribution is 5.86. The first-order chi connectivity index (χ1) is 13.1. The molecule has 0 saturated carbocycles. The first-order valence-corrected chi connectivity index (χ1v) is 8.21. The molecule has 4 rings (SSSR count). The van der Waals surface area contributed by atoms with E-state index in [-0.39, 0.29) is 24.1 Å². The largest absolute Gasteiger partial charge is 0.459 e. The van der Waals surface area contributed by atoms with Crippen molar-refractivity contribution in [2.24, 2.45) is 0 Å². The number of ether oxygens (including phenoxy) is 1. The second-order valence-electron chi connectivity index (χ2n) is 5.90. The van der Waals surface area contributed by atoms with Gasteiger partial charge in [0.15, 0.2) is 0 Å². The molecule has 1 N–H and O–H groups in total. The minimum atomic E-state index is -0.533. The third-order valence-corrected chi connectivity index (χ3v) is 4.09. The zero-order chi connectivity index (χ0) is 18.8. The molecule has 0 amide bonds. The number of rotatable bonds is 4. The van der Waals surface area contributed by atoms with Crippen LogP contribution in [0.3, 0.4) is 0 Å². The lowest BCUT2D eigenvalue weighted by Gasteiger charge is -2.07. The number of hydrogen-bond donors (Lipinski definition) is 1. The van der Waals surface area contributed by atoms with E-state index in [1.54, 1.807) is 48.7 Å². The van der Waals surface area contributed by atoms with Crippen LogP contribution < -0.4 is 11.1 Å². The van der Waals surface area contributed by atoms with E-state index in [0.717, 1.165) is 0 Å². The smallest absolute Gasteiger partial charge is 0.312 e. The van der Waals surface area contributed by atoms with Gasteiger partial charge in [-0.15, -0.1) is 0 Å². The maximum atomic E-state index is 12.2. The number of benzene rings is 1. The van der Waals surface area contributed by atoms with E-state index in [9.17, 15) is 14.4 Å². The average Bonchev–Trinajstić information content (AvgIpc) is 2.69. The Kier molecular flexibility index (Phi) is 4.21. The number of fused-ring (bicyclic) bond motifs is 2. The fourth-order valence-electron chi connectivity index (χ4n) is 2.83. The lowest BCUT2D eigenvalue weighted by atomic mass is 10.1. The minimum Gasteiger partial charge on any atom is -0.459 e. The van der Waals surface area contributed by atoms with Gasteiger partial charge in [-0.1, -0.05) is 24.3 Å². The lowest BCUT2D eigenvalue weighted by Crippen LogP contribution is -2.17. The normalized spacial score (nSPS) is 11.0. The highest BCUT2D eigenvalue weighted by Crippen LogP contribution is 2.13. The van der Waals surface area contributed by atoms with Gasteiger partial charge in [0, 0.05) is 17.6 Å². The van der Waals surface area contributed by atoms with Crippen LogP contribution in [0.5, 0.6) is 0 Å². The summed E-state index contributed by atoms with van der Waals surface area (Å²) in [6.07, 6.45) is 1.51. The van der Waals surface area contributed by atoms with Crippen molar-refractivity contribution >= 4 is 22.4 Å². The monoisotopic (exact) mass is 362 g/mol. The van der Waals surface area contributed by atoms with Crippen molar-refractivity contribution in [2.75, 3.05) is 0 Å². The fraction of sp³-hybridized carbons (Fsp3) is 0.105. The molecule has 3 heterocycles. The van der Waals surface area contributed by atoms with Gasteiger partial charge in [-0.2, -0.15) is 5.10 Å². The van der Waals surface area contributed by atoms with Gasteiger partial charge in [-0.3, -0.25) is 18.8 Å². The van der Waals surface area contributed by atoms with Crippen molar-refractivity contribution in [3.8, 4) is 0 Å². The summed E-state index contributed by atoms with van der Waals surface area (Å²) in [7, 11) is 0. The summed E-state index contributed by atoms with van der Waals surface area (Å²) in [5.74, 6) is -0.533. The minimum absolute atomic E-state index is 0.107. The Bertz CT molecular complexity index is 1280. The topological polar surface area (TPSA) is 106 Å². The number of nitrogens with one attached hydrogen (secondary N) is 1. The van der Waals surface area contributed by atoms with E-state index in [2.05, 4.69) is 15.2 Å². The van der Waals surface area contributed by atoms with Crippen LogP contribution in [0.1, 0.15) is 11.4 Å². The van der Waals surface area contributed by atoms with E-state index >= 15 is 0 Å². The van der Waals surface area contributed by atoms with Gasteiger partial charge in [0.25, 0.3) is 11.1 Å². The Hall–Kier alpha value is -3.81. The van der Waals surface area contributed by atoms with Crippen LogP contribution in [0.4, 0.5) is 0 Å². The van der Waals surface area contributed by atoms with Crippen LogP contribution in [-0.2, 0) is 22.6 Å². The molecule has 0 spiro atoms. The third-order valence-electron chi connectivity index (χ3n) is 4.09. The SMILES string of the molecule is O=C(Cc1n[nH]c(=O)c2ccccc12)OCc1cc(=O)n2ccccc2n1. The number of nitrogens with zero attached hydrogens (tertiary/aromatic N) is 3. The third kappa shape index (κ3) is 3.32. The molecular formula is C19H14N4O4. The van der Waals surface area contributed by atoms with E-state index in [4.69, 9.17) is 4.74 Å². The van der Waals surface area contributed by atoms with Crippen LogP contribution in [0.2, 0.25) is 0 Å². The molecule has 0 aliphatic carbocycles. The molecule has 1 aromatic carbocycles. The van der Waals surface area contributed by atoms with Crippen LogP contribution >= 0.6 is 0 Å². The zero-order valence-corrected chi connectivity index (χ0v) is 14.1. The second-order valence-corrected chi connectivity index (χ2v) is 5.90. The zero-order valence-electron chi connectivity index (χ0n) is 14.1. The number of hydrogen-bond acceptors (Lipinski definition) is 6. The molecule has 4 aromatic rings. The van der Waals surface area contributed by atoms with Gasteiger partial charge in [-0.05, 0) is 18.2 Å². The van der Waals surface area contributed by atoms with E-state index in [1.807, 2.05) is 0 Å². The fourth-order valence-corrected chi connectivity index (χ4v) is 2.83. The Morgan fingerprint density at radius 1 is 1.07 bits per heavy atom. The van der Waals surface area contributed by atoms with Crippen LogP contribution in [0.15, 0.2) is 64.3 Å². The Morgan fingerprint density at radius 3 is 2.70 bits per heavy atom. The molecule has 0 aliphatic heterocycles. The predicted octanol–water partition coefficient (Wildman–Crippen LogP) is 1.22. The van der Waals surface area contributed by atoms with E-state index in [0.29, 0.717) is 27.8 Å². The molecule has 0 aliphatic rings. The van der Waals surface area contributed by atoms with Crippen molar-refractivity contribution in [2.45, 2.75) is 13.0 Å².